The average molecular weight is 182 g/mol. The van der Waals surface area contributed by atoms with Crippen molar-refractivity contribution in [1.82, 2.24) is 0 Å². The number of carbonyl (C=O) groups excluding carboxylic acids is 1. The summed E-state index contributed by atoms with van der Waals surface area (Å²) in [5, 5.41) is 0. The molecule has 0 fully saturated rings. The molecular weight excluding hydrogens is 160 g/mol. The Balaban J connectivity index is 3.58. The molecule has 0 aromatic rings. The highest BCUT2D eigenvalue weighted by Gasteiger charge is 2.05. The molecule has 1 nitrogen and oxygen atoms in total. The van der Waals surface area contributed by atoms with Crippen LogP contribution in [0.15, 0.2) is 12.2 Å². The lowest BCUT2D eigenvalue weighted by molar-refractivity contribution is -0.105. The second-order valence-corrected chi connectivity index (χ2v) is 3.73. The lowest BCUT2D eigenvalue weighted by Crippen LogP contribution is -1.99. The number of rotatable bonds is 8. The summed E-state index contributed by atoms with van der Waals surface area (Å²) < 4.78 is 0. The van der Waals surface area contributed by atoms with Crippen LogP contribution in [0.1, 0.15) is 52.4 Å². The Morgan fingerprint density at radius 1 is 1.38 bits per heavy atom. The van der Waals surface area contributed by atoms with Gasteiger partial charge in [-0.05, 0) is 24.3 Å². The largest absolute Gasteiger partial charge is 0.298 e. The van der Waals surface area contributed by atoms with Crippen molar-refractivity contribution in [3.05, 3.63) is 12.2 Å². The molecule has 76 valence electrons. The first-order valence-corrected chi connectivity index (χ1v) is 5.37. The van der Waals surface area contributed by atoms with E-state index in [0.29, 0.717) is 0 Å². The SMILES string of the molecule is C=C(C=O)CCC(CC)CCCC. The van der Waals surface area contributed by atoms with Crippen LogP contribution in [0.4, 0.5) is 0 Å². The minimum atomic E-state index is 0.745. The number of allylic oxidation sites excluding steroid dienone is 1. The van der Waals surface area contributed by atoms with Gasteiger partial charge in [-0.2, -0.15) is 0 Å². The van der Waals surface area contributed by atoms with Crippen molar-refractivity contribution in [3.8, 4) is 0 Å². The second-order valence-electron chi connectivity index (χ2n) is 3.73. The molecule has 0 amide bonds. The van der Waals surface area contributed by atoms with Crippen molar-refractivity contribution in [2.75, 3.05) is 0 Å². The summed E-state index contributed by atoms with van der Waals surface area (Å²) in [4.78, 5) is 10.3. The summed E-state index contributed by atoms with van der Waals surface area (Å²) in [6.45, 7) is 8.14. The predicted molar refractivity (Wildman–Crippen MR) is 57.7 cm³/mol. The summed E-state index contributed by atoms with van der Waals surface area (Å²) in [5.41, 5.74) is 0.745. The van der Waals surface area contributed by atoms with E-state index in [9.17, 15) is 4.79 Å². The summed E-state index contributed by atoms with van der Waals surface area (Å²) in [5.74, 6) is 0.789. The van der Waals surface area contributed by atoms with Gasteiger partial charge in [0.25, 0.3) is 0 Å². The van der Waals surface area contributed by atoms with E-state index in [1.54, 1.807) is 0 Å². The fraction of sp³-hybridized carbons (Fsp3) is 0.750. The molecule has 13 heavy (non-hydrogen) atoms. The van der Waals surface area contributed by atoms with E-state index in [2.05, 4.69) is 20.4 Å². The van der Waals surface area contributed by atoms with Crippen LogP contribution in [0.5, 0.6) is 0 Å². The Bertz CT molecular complexity index is 149. The van der Waals surface area contributed by atoms with Gasteiger partial charge in [0, 0.05) is 0 Å². The summed E-state index contributed by atoms with van der Waals surface area (Å²) in [6, 6.07) is 0. The first-order chi connectivity index (χ1) is 6.24. The fourth-order valence-corrected chi connectivity index (χ4v) is 1.49. The third-order valence-corrected chi connectivity index (χ3v) is 2.58. The van der Waals surface area contributed by atoms with E-state index in [1.165, 1.54) is 25.7 Å². The predicted octanol–water partition coefficient (Wildman–Crippen LogP) is 3.74. The molecule has 1 atom stereocenters. The Kier molecular flexibility index (Phi) is 7.66. The molecule has 0 aliphatic carbocycles. The molecule has 0 rings (SSSR count). The molecule has 0 radical (unpaired) electrons. The van der Waals surface area contributed by atoms with Gasteiger partial charge in [-0.1, -0.05) is 46.1 Å². The maximum atomic E-state index is 10.3. The number of aldehydes is 1. The molecular formula is C12H22O. The van der Waals surface area contributed by atoms with Crippen LogP contribution >= 0.6 is 0 Å². The summed E-state index contributed by atoms with van der Waals surface area (Å²) in [7, 11) is 0. The van der Waals surface area contributed by atoms with Gasteiger partial charge < -0.3 is 0 Å². The third-order valence-electron chi connectivity index (χ3n) is 2.58. The lowest BCUT2D eigenvalue weighted by atomic mass is 9.93. The highest BCUT2D eigenvalue weighted by molar-refractivity contribution is 5.71. The Hall–Kier alpha value is -0.590. The number of hydrogen-bond donors (Lipinski definition) is 0. The van der Waals surface area contributed by atoms with E-state index in [-0.39, 0.29) is 0 Å². The molecule has 0 heterocycles. The van der Waals surface area contributed by atoms with E-state index < -0.39 is 0 Å². The van der Waals surface area contributed by atoms with Gasteiger partial charge in [0.1, 0.15) is 6.29 Å². The van der Waals surface area contributed by atoms with Crippen molar-refractivity contribution in [2.45, 2.75) is 52.4 Å². The minimum Gasteiger partial charge on any atom is -0.298 e. The van der Waals surface area contributed by atoms with E-state index >= 15 is 0 Å². The van der Waals surface area contributed by atoms with Crippen molar-refractivity contribution < 1.29 is 4.79 Å². The third kappa shape index (κ3) is 6.56. The van der Waals surface area contributed by atoms with Crippen LogP contribution in [0.3, 0.4) is 0 Å². The van der Waals surface area contributed by atoms with Gasteiger partial charge in [0.2, 0.25) is 0 Å². The lowest BCUT2D eigenvalue weighted by Gasteiger charge is -2.13. The fourth-order valence-electron chi connectivity index (χ4n) is 1.49. The Morgan fingerprint density at radius 2 is 2.08 bits per heavy atom. The molecule has 0 spiro atoms. The molecule has 0 N–H and O–H groups in total. The number of hydrogen-bond acceptors (Lipinski definition) is 1. The van der Waals surface area contributed by atoms with Crippen LogP contribution in [-0.2, 0) is 4.79 Å². The zero-order valence-corrected chi connectivity index (χ0v) is 9.01. The van der Waals surface area contributed by atoms with Crippen LogP contribution in [0.2, 0.25) is 0 Å². The van der Waals surface area contributed by atoms with Gasteiger partial charge in [-0.15, -0.1) is 0 Å². The first kappa shape index (κ1) is 12.4. The van der Waals surface area contributed by atoms with E-state index in [0.717, 1.165) is 30.6 Å². The van der Waals surface area contributed by atoms with E-state index in [1.807, 2.05) is 0 Å². The maximum Gasteiger partial charge on any atom is 0.145 e. The molecule has 1 unspecified atom stereocenters. The molecule has 0 aliphatic rings. The summed E-state index contributed by atoms with van der Waals surface area (Å²) in [6.07, 6.45) is 8.01. The topological polar surface area (TPSA) is 17.1 Å². The molecule has 1 heteroatoms. The van der Waals surface area contributed by atoms with Crippen molar-refractivity contribution in [2.24, 2.45) is 5.92 Å². The molecule has 0 aliphatic heterocycles. The Morgan fingerprint density at radius 3 is 2.54 bits per heavy atom. The minimum absolute atomic E-state index is 0.745. The van der Waals surface area contributed by atoms with Gasteiger partial charge in [-0.3, -0.25) is 4.79 Å². The van der Waals surface area contributed by atoms with Gasteiger partial charge in [-0.25, -0.2) is 0 Å². The van der Waals surface area contributed by atoms with Crippen molar-refractivity contribution in [1.29, 1.82) is 0 Å². The molecule has 0 aromatic heterocycles. The van der Waals surface area contributed by atoms with Crippen LogP contribution in [0, 0.1) is 5.92 Å². The molecule has 0 bridgehead atoms. The normalized spacial score (nSPS) is 12.5. The number of carbonyl (C=O) groups is 1. The quantitative estimate of drug-likeness (QED) is 0.413. The zero-order chi connectivity index (χ0) is 10.1. The van der Waals surface area contributed by atoms with Gasteiger partial charge >= 0.3 is 0 Å². The van der Waals surface area contributed by atoms with Gasteiger partial charge in [0.05, 0.1) is 0 Å². The van der Waals surface area contributed by atoms with Crippen LogP contribution in [-0.4, -0.2) is 6.29 Å². The van der Waals surface area contributed by atoms with Gasteiger partial charge in [0.15, 0.2) is 0 Å². The standard InChI is InChI=1S/C12H22O/c1-4-6-7-12(5-2)9-8-11(3)10-13/h10,12H,3-9H2,1-2H3. The average Bonchev–Trinajstić information content (AvgIpc) is 2.17. The molecule has 0 aromatic carbocycles. The number of unbranched alkanes of at least 4 members (excludes halogenated alkanes) is 1. The summed E-state index contributed by atoms with van der Waals surface area (Å²) >= 11 is 0. The molecule has 0 saturated carbocycles. The van der Waals surface area contributed by atoms with E-state index in [4.69, 9.17) is 0 Å². The zero-order valence-electron chi connectivity index (χ0n) is 9.01. The monoisotopic (exact) mass is 182 g/mol. The van der Waals surface area contributed by atoms with Crippen molar-refractivity contribution >= 4 is 6.29 Å². The van der Waals surface area contributed by atoms with Crippen LogP contribution in [0.25, 0.3) is 0 Å². The first-order valence-electron chi connectivity index (χ1n) is 5.37. The smallest absolute Gasteiger partial charge is 0.145 e. The maximum absolute atomic E-state index is 10.3. The second kappa shape index (κ2) is 8.03. The molecule has 0 saturated heterocycles. The Labute approximate surface area is 82.2 Å². The van der Waals surface area contributed by atoms with Crippen molar-refractivity contribution in [3.63, 3.8) is 0 Å². The highest BCUT2D eigenvalue weighted by Crippen LogP contribution is 2.19. The van der Waals surface area contributed by atoms with Crippen LogP contribution < -0.4 is 0 Å². The highest BCUT2D eigenvalue weighted by atomic mass is 16.1.